The van der Waals surface area contributed by atoms with E-state index < -0.39 is 0 Å². The van der Waals surface area contributed by atoms with Gasteiger partial charge in [0.2, 0.25) is 0 Å². The fourth-order valence-corrected chi connectivity index (χ4v) is 1.31. The molecule has 2 nitrogen and oxygen atoms in total. The van der Waals surface area contributed by atoms with Crippen molar-refractivity contribution in [3.63, 3.8) is 0 Å². The van der Waals surface area contributed by atoms with Gasteiger partial charge in [-0.2, -0.15) is 0 Å². The Morgan fingerprint density at radius 3 is 1.88 bits per heavy atom. The second kappa shape index (κ2) is 6.17. The summed E-state index contributed by atoms with van der Waals surface area (Å²) in [5.41, 5.74) is 1.48. The van der Waals surface area contributed by atoms with E-state index in [9.17, 15) is 4.79 Å². The van der Waals surface area contributed by atoms with E-state index in [0.29, 0.717) is 5.56 Å². The summed E-state index contributed by atoms with van der Waals surface area (Å²) in [6.07, 6.45) is 0. The SMILES string of the molecule is O=C(Nc1ccccc1)c1ccccc1.[Li]. The normalized spacial score (nSPS) is 9.00. The Morgan fingerprint density at radius 1 is 0.812 bits per heavy atom. The molecule has 1 N–H and O–H groups in total. The van der Waals surface area contributed by atoms with Gasteiger partial charge in [-0.05, 0) is 24.3 Å². The van der Waals surface area contributed by atoms with E-state index in [-0.39, 0.29) is 24.8 Å². The van der Waals surface area contributed by atoms with Gasteiger partial charge in [0.25, 0.3) is 5.91 Å². The van der Waals surface area contributed by atoms with E-state index >= 15 is 0 Å². The summed E-state index contributed by atoms with van der Waals surface area (Å²) in [4.78, 5) is 11.7. The maximum atomic E-state index is 11.7. The van der Waals surface area contributed by atoms with Crippen molar-refractivity contribution >= 4 is 30.5 Å². The minimum Gasteiger partial charge on any atom is -0.322 e. The molecule has 75 valence electrons. The average molecular weight is 204 g/mol. The molecule has 0 spiro atoms. The Balaban J connectivity index is 0.00000128. The van der Waals surface area contributed by atoms with Crippen LogP contribution < -0.4 is 5.32 Å². The first-order chi connectivity index (χ1) is 7.36. The van der Waals surface area contributed by atoms with E-state index in [1.807, 2.05) is 48.5 Å². The summed E-state index contributed by atoms with van der Waals surface area (Å²) in [5, 5.41) is 2.82. The standard InChI is InChI=1S/C13H11NO.Li/c15-13(11-7-3-1-4-8-11)14-12-9-5-2-6-10-12;/h1-10H,(H,14,15);. The third-order valence-corrected chi connectivity index (χ3v) is 2.07. The molecule has 0 atom stereocenters. The van der Waals surface area contributed by atoms with Crippen molar-refractivity contribution in [1.82, 2.24) is 0 Å². The summed E-state index contributed by atoms with van der Waals surface area (Å²) in [6.45, 7) is 0. The van der Waals surface area contributed by atoms with Crippen molar-refractivity contribution < 1.29 is 4.79 Å². The first-order valence-electron chi connectivity index (χ1n) is 4.78. The van der Waals surface area contributed by atoms with Crippen molar-refractivity contribution in [3.8, 4) is 0 Å². The average Bonchev–Trinajstić information content (AvgIpc) is 2.31. The van der Waals surface area contributed by atoms with Crippen LogP contribution in [0.15, 0.2) is 60.7 Å². The zero-order valence-electron chi connectivity index (χ0n) is 9.18. The quantitative estimate of drug-likeness (QED) is 0.748. The first-order valence-corrected chi connectivity index (χ1v) is 4.78. The summed E-state index contributed by atoms with van der Waals surface area (Å²) < 4.78 is 0. The number of para-hydroxylation sites is 1. The monoisotopic (exact) mass is 204 g/mol. The third-order valence-electron chi connectivity index (χ3n) is 2.07. The zero-order chi connectivity index (χ0) is 10.5. The third kappa shape index (κ3) is 3.27. The molecule has 0 aliphatic heterocycles. The van der Waals surface area contributed by atoms with Crippen LogP contribution in [0, 0.1) is 0 Å². The molecule has 2 aromatic rings. The molecule has 0 aliphatic rings. The number of hydrogen-bond donors (Lipinski definition) is 1. The molecule has 0 fully saturated rings. The Morgan fingerprint density at radius 2 is 1.31 bits per heavy atom. The number of benzene rings is 2. The van der Waals surface area contributed by atoms with Crippen LogP contribution in [-0.4, -0.2) is 24.8 Å². The molecule has 0 saturated carbocycles. The largest absolute Gasteiger partial charge is 0.322 e. The molecule has 1 amide bonds. The number of carbonyl (C=O) groups is 1. The molecule has 0 unspecified atom stereocenters. The van der Waals surface area contributed by atoms with Gasteiger partial charge in [0.1, 0.15) is 0 Å². The van der Waals surface area contributed by atoms with Crippen LogP contribution in [-0.2, 0) is 0 Å². The topological polar surface area (TPSA) is 29.1 Å². The van der Waals surface area contributed by atoms with Crippen LogP contribution in [0.2, 0.25) is 0 Å². The van der Waals surface area contributed by atoms with Gasteiger partial charge in [0.15, 0.2) is 0 Å². The van der Waals surface area contributed by atoms with Crippen LogP contribution in [0.3, 0.4) is 0 Å². The zero-order valence-corrected chi connectivity index (χ0v) is 9.18. The van der Waals surface area contributed by atoms with Gasteiger partial charge in [-0.25, -0.2) is 0 Å². The fourth-order valence-electron chi connectivity index (χ4n) is 1.31. The molecule has 0 aromatic heterocycles. The second-order valence-electron chi connectivity index (χ2n) is 3.19. The number of nitrogens with one attached hydrogen (secondary N) is 1. The van der Waals surface area contributed by atoms with Crippen molar-refractivity contribution in [2.45, 2.75) is 0 Å². The molecule has 2 rings (SSSR count). The minimum absolute atomic E-state index is 0. The Labute approximate surface area is 107 Å². The maximum absolute atomic E-state index is 11.7. The Kier molecular flexibility index (Phi) is 4.85. The first kappa shape index (κ1) is 12.6. The van der Waals surface area contributed by atoms with E-state index in [2.05, 4.69) is 5.32 Å². The molecule has 0 saturated heterocycles. The van der Waals surface area contributed by atoms with Gasteiger partial charge in [-0.3, -0.25) is 4.79 Å². The van der Waals surface area contributed by atoms with Crippen LogP contribution in [0.4, 0.5) is 5.69 Å². The van der Waals surface area contributed by atoms with Crippen molar-refractivity contribution in [2.75, 3.05) is 5.32 Å². The summed E-state index contributed by atoms with van der Waals surface area (Å²) >= 11 is 0. The van der Waals surface area contributed by atoms with Crippen LogP contribution >= 0.6 is 0 Å². The van der Waals surface area contributed by atoms with Crippen LogP contribution in [0.1, 0.15) is 10.4 Å². The summed E-state index contributed by atoms with van der Waals surface area (Å²) in [5.74, 6) is -0.0817. The van der Waals surface area contributed by atoms with E-state index in [0.717, 1.165) is 5.69 Å². The molecular weight excluding hydrogens is 193 g/mol. The van der Waals surface area contributed by atoms with Crippen molar-refractivity contribution in [1.29, 1.82) is 0 Å². The van der Waals surface area contributed by atoms with Crippen molar-refractivity contribution in [2.24, 2.45) is 0 Å². The molecular formula is C13H11LiNO. The van der Waals surface area contributed by atoms with Crippen LogP contribution in [0.25, 0.3) is 0 Å². The number of amides is 1. The minimum atomic E-state index is -0.0817. The molecule has 0 aliphatic carbocycles. The second-order valence-corrected chi connectivity index (χ2v) is 3.19. The number of carbonyl (C=O) groups excluding carboxylic acids is 1. The van der Waals surface area contributed by atoms with Gasteiger partial charge in [0.05, 0.1) is 0 Å². The van der Waals surface area contributed by atoms with E-state index in [1.54, 1.807) is 12.1 Å². The molecule has 2 aromatic carbocycles. The van der Waals surface area contributed by atoms with Crippen molar-refractivity contribution in [3.05, 3.63) is 66.2 Å². The molecule has 3 heteroatoms. The summed E-state index contributed by atoms with van der Waals surface area (Å²) in [7, 11) is 0. The summed E-state index contributed by atoms with van der Waals surface area (Å²) in [6, 6.07) is 18.6. The smallest absolute Gasteiger partial charge is 0.255 e. The van der Waals surface area contributed by atoms with Gasteiger partial charge in [-0.15, -0.1) is 0 Å². The van der Waals surface area contributed by atoms with Gasteiger partial charge >= 0.3 is 0 Å². The Hall–Kier alpha value is -1.49. The van der Waals surface area contributed by atoms with Gasteiger partial charge in [-0.1, -0.05) is 36.4 Å². The van der Waals surface area contributed by atoms with Gasteiger partial charge in [0, 0.05) is 30.1 Å². The molecule has 0 bridgehead atoms. The number of rotatable bonds is 2. The predicted octanol–water partition coefficient (Wildman–Crippen LogP) is 2.56. The number of hydrogen-bond acceptors (Lipinski definition) is 1. The van der Waals surface area contributed by atoms with E-state index in [4.69, 9.17) is 0 Å². The fraction of sp³-hybridized carbons (Fsp3) is 0. The predicted molar refractivity (Wildman–Crippen MR) is 66.6 cm³/mol. The molecule has 1 radical (unpaired) electrons. The van der Waals surface area contributed by atoms with Crippen LogP contribution in [0.5, 0.6) is 0 Å². The maximum Gasteiger partial charge on any atom is 0.255 e. The number of anilines is 1. The van der Waals surface area contributed by atoms with Gasteiger partial charge < -0.3 is 5.32 Å². The molecule has 0 heterocycles. The van der Waals surface area contributed by atoms with E-state index in [1.165, 1.54) is 0 Å². The Bertz CT molecular complexity index is 442. The molecule has 16 heavy (non-hydrogen) atoms.